The van der Waals surface area contributed by atoms with Gasteiger partial charge >= 0.3 is 6.09 Å². The van der Waals surface area contributed by atoms with Crippen LogP contribution in [0.25, 0.3) is 0 Å². The maximum Gasteiger partial charge on any atom is 0.410 e. The van der Waals surface area contributed by atoms with Gasteiger partial charge in [0.25, 0.3) is 5.91 Å². The van der Waals surface area contributed by atoms with E-state index in [9.17, 15) is 9.59 Å². The molecule has 2 amide bonds. The lowest BCUT2D eigenvalue weighted by Crippen LogP contribution is -2.42. The molecular formula is C19H31ClN4O4. The van der Waals surface area contributed by atoms with Crippen molar-refractivity contribution in [3.05, 3.63) is 23.4 Å². The lowest BCUT2D eigenvalue weighted by molar-refractivity contribution is -0.163. The standard InChI is InChI=1S/C19H31ClN4O4/c1-19(2,3)28-18(26)24-10-7-14(8-11-24)13-22-16(6-9-20)15(12-21)17(25)23(4)27-5/h6,9,12,14H,7-8,10-11,13,21H2,1-5H3/b9-6+,15-12+,22-16?. The van der Waals surface area contributed by atoms with Gasteiger partial charge in [0.1, 0.15) is 5.60 Å². The summed E-state index contributed by atoms with van der Waals surface area (Å²) in [4.78, 5) is 35.6. The van der Waals surface area contributed by atoms with Crippen LogP contribution in [-0.2, 0) is 14.4 Å². The Hall–Kier alpha value is -2.06. The molecule has 0 aromatic carbocycles. The molecule has 1 fully saturated rings. The molecule has 0 radical (unpaired) electrons. The van der Waals surface area contributed by atoms with Gasteiger partial charge in [0.05, 0.1) is 18.4 Å². The van der Waals surface area contributed by atoms with E-state index >= 15 is 0 Å². The molecule has 158 valence electrons. The minimum atomic E-state index is -0.506. The minimum absolute atomic E-state index is 0.201. The van der Waals surface area contributed by atoms with Gasteiger partial charge in [0.15, 0.2) is 0 Å². The monoisotopic (exact) mass is 414 g/mol. The number of halogens is 1. The average molecular weight is 415 g/mol. The highest BCUT2D eigenvalue weighted by Gasteiger charge is 2.27. The van der Waals surface area contributed by atoms with Crippen LogP contribution < -0.4 is 5.73 Å². The third-order valence-electron chi connectivity index (χ3n) is 4.24. The summed E-state index contributed by atoms with van der Waals surface area (Å²) >= 11 is 5.70. The van der Waals surface area contributed by atoms with E-state index in [1.54, 1.807) is 4.90 Å². The molecule has 1 aliphatic rings. The molecule has 1 rings (SSSR count). The zero-order valence-electron chi connectivity index (χ0n) is 17.3. The second kappa shape index (κ2) is 11.1. The Labute approximate surface area is 171 Å². The number of amides is 2. The van der Waals surface area contributed by atoms with Crippen LogP contribution in [0.1, 0.15) is 33.6 Å². The number of hydrogen-bond acceptors (Lipinski definition) is 6. The number of hydroxylamine groups is 2. The smallest absolute Gasteiger partial charge is 0.410 e. The summed E-state index contributed by atoms with van der Waals surface area (Å²) in [5, 5.41) is 1.07. The maximum atomic E-state index is 12.3. The van der Waals surface area contributed by atoms with Crippen LogP contribution in [0, 0.1) is 5.92 Å². The number of likely N-dealkylation sites (tertiary alicyclic amines) is 1. The van der Waals surface area contributed by atoms with E-state index in [1.807, 2.05) is 20.8 Å². The molecule has 1 heterocycles. The predicted octanol–water partition coefficient (Wildman–Crippen LogP) is 2.69. The highest BCUT2D eigenvalue weighted by atomic mass is 35.5. The molecule has 0 saturated carbocycles. The number of aliphatic imine (C=N–C) groups is 1. The normalized spacial score (nSPS) is 17.1. The summed E-state index contributed by atoms with van der Waals surface area (Å²) < 4.78 is 5.41. The van der Waals surface area contributed by atoms with Crippen LogP contribution in [0.4, 0.5) is 4.79 Å². The van der Waals surface area contributed by atoms with Crippen LogP contribution in [0.15, 0.2) is 28.4 Å². The quantitative estimate of drug-likeness (QED) is 0.409. The molecule has 8 nitrogen and oxygen atoms in total. The van der Waals surface area contributed by atoms with Crippen LogP contribution in [0.3, 0.4) is 0 Å². The summed E-state index contributed by atoms with van der Waals surface area (Å²) in [5.74, 6) is -0.134. The Morgan fingerprint density at radius 3 is 2.39 bits per heavy atom. The SMILES string of the molecule is CON(C)C(=O)/C(=C/N)C(/C=C/Cl)=NCC1CCN(C(=O)OC(C)(C)C)CC1. The van der Waals surface area contributed by atoms with Crippen molar-refractivity contribution in [2.75, 3.05) is 33.8 Å². The average Bonchev–Trinajstić information content (AvgIpc) is 2.64. The highest BCUT2D eigenvalue weighted by molar-refractivity contribution is 6.31. The molecule has 2 N–H and O–H groups in total. The summed E-state index contributed by atoms with van der Waals surface area (Å²) in [7, 11) is 2.87. The van der Waals surface area contributed by atoms with Gasteiger partial charge < -0.3 is 15.4 Å². The summed E-state index contributed by atoms with van der Waals surface area (Å²) in [5.41, 5.74) is 7.00. The summed E-state index contributed by atoms with van der Waals surface area (Å²) in [6.07, 6.45) is 4.03. The van der Waals surface area contributed by atoms with E-state index in [-0.39, 0.29) is 17.6 Å². The van der Waals surface area contributed by atoms with E-state index in [0.717, 1.165) is 17.9 Å². The molecule has 0 aromatic rings. The van der Waals surface area contributed by atoms with Gasteiger partial charge in [0.2, 0.25) is 0 Å². The minimum Gasteiger partial charge on any atom is -0.444 e. The van der Waals surface area contributed by atoms with E-state index in [0.29, 0.717) is 25.3 Å². The highest BCUT2D eigenvalue weighted by Crippen LogP contribution is 2.20. The first-order valence-corrected chi connectivity index (χ1v) is 9.60. The number of allylic oxidation sites excluding steroid dienone is 1. The predicted molar refractivity (Wildman–Crippen MR) is 110 cm³/mol. The maximum absolute atomic E-state index is 12.3. The molecule has 1 aliphatic heterocycles. The van der Waals surface area contributed by atoms with Gasteiger partial charge in [-0.3, -0.25) is 14.6 Å². The number of likely N-dealkylation sites (N-methyl/N-ethyl adjacent to an activating group) is 1. The van der Waals surface area contributed by atoms with E-state index in [1.165, 1.54) is 32.0 Å². The number of carbonyl (C=O) groups is 2. The Bertz CT molecular complexity index is 632. The van der Waals surface area contributed by atoms with Crippen LogP contribution in [0.5, 0.6) is 0 Å². The molecule has 0 atom stereocenters. The first kappa shape index (κ1) is 24.0. The fourth-order valence-corrected chi connectivity index (χ4v) is 2.78. The number of nitrogens with zero attached hydrogens (tertiary/aromatic N) is 3. The molecular weight excluding hydrogens is 384 g/mol. The fraction of sp³-hybridized carbons (Fsp3) is 0.632. The molecule has 0 bridgehead atoms. The third-order valence-corrected chi connectivity index (χ3v) is 4.37. The van der Waals surface area contributed by atoms with E-state index in [4.69, 9.17) is 26.9 Å². The second-order valence-corrected chi connectivity index (χ2v) is 7.75. The topological polar surface area (TPSA) is 97.5 Å². The Morgan fingerprint density at radius 1 is 1.32 bits per heavy atom. The van der Waals surface area contributed by atoms with Gasteiger partial charge in [0, 0.05) is 38.4 Å². The number of carbonyl (C=O) groups excluding carboxylic acids is 2. The molecule has 9 heteroatoms. The Morgan fingerprint density at radius 2 is 1.93 bits per heavy atom. The van der Waals surface area contributed by atoms with Crippen molar-refractivity contribution < 1.29 is 19.2 Å². The first-order chi connectivity index (χ1) is 13.1. The van der Waals surface area contributed by atoms with E-state index in [2.05, 4.69) is 4.99 Å². The number of rotatable bonds is 6. The third kappa shape index (κ3) is 7.52. The first-order valence-electron chi connectivity index (χ1n) is 9.16. The number of hydrogen-bond donors (Lipinski definition) is 1. The van der Waals surface area contributed by atoms with Crippen molar-refractivity contribution in [2.45, 2.75) is 39.2 Å². The fourth-order valence-electron chi connectivity index (χ4n) is 2.66. The number of nitrogens with two attached hydrogens (primary N) is 1. The van der Waals surface area contributed by atoms with Crippen molar-refractivity contribution in [3.63, 3.8) is 0 Å². The largest absolute Gasteiger partial charge is 0.444 e. The van der Waals surface area contributed by atoms with Gasteiger partial charge in [-0.1, -0.05) is 11.6 Å². The zero-order chi connectivity index (χ0) is 21.3. The molecule has 28 heavy (non-hydrogen) atoms. The van der Waals surface area contributed by atoms with Crippen LogP contribution in [-0.4, -0.2) is 67.1 Å². The molecule has 1 saturated heterocycles. The zero-order valence-corrected chi connectivity index (χ0v) is 18.0. The molecule has 0 unspecified atom stereocenters. The van der Waals surface area contributed by atoms with Crippen LogP contribution in [0.2, 0.25) is 0 Å². The van der Waals surface area contributed by atoms with Gasteiger partial charge in [-0.25, -0.2) is 9.86 Å². The summed E-state index contributed by atoms with van der Waals surface area (Å²) in [6.45, 7) is 7.27. The lowest BCUT2D eigenvalue weighted by atomic mass is 9.97. The van der Waals surface area contributed by atoms with Crippen LogP contribution >= 0.6 is 11.6 Å². The van der Waals surface area contributed by atoms with Crippen molar-refractivity contribution in [1.29, 1.82) is 0 Å². The van der Waals surface area contributed by atoms with Gasteiger partial charge in [-0.05, 0) is 45.6 Å². The second-order valence-electron chi connectivity index (χ2n) is 7.49. The molecule has 0 aromatic heterocycles. The Balaban J connectivity index is 2.73. The number of piperidine rings is 1. The molecule has 0 aliphatic carbocycles. The van der Waals surface area contributed by atoms with E-state index < -0.39 is 11.5 Å². The van der Waals surface area contributed by atoms with Gasteiger partial charge in [-0.2, -0.15) is 0 Å². The van der Waals surface area contributed by atoms with Gasteiger partial charge in [-0.15, -0.1) is 0 Å². The van der Waals surface area contributed by atoms with Crippen molar-refractivity contribution in [1.82, 2.24) is 9.96 Å². The molecule has 0 spiro atoms. The summed E-state index contributed by atoms with van der Waals surface area (Å²) in [6, 6.07) is 0. The Kier molecular flexibility index (Phi) is 9.48. The van der Waals surface area contributed by atoms with Crippen molar-refractivity contribution >= 4 is 29.3 Å². The lowest BCUT2D eigenvalue weighted by Gasteiger charge is -2.33. The number of ether oxygens (including phenoxy) is 1. The van der Waals surface area contributed by atoms with Crippen molar-refractivity contribution in [2.24, 2.45) is 16.6 Å². The van der Waals surface area contributed by atoms with Crippen molar-refractivity contribution in [3.8, 4) is 0 Å².